The van der Waals surface area contributed by atoms with E-state index in [1.54, 1.807) is 0 Å². The highest BCUT2D eigenvalue weighted by Gasteiger charge is 2.27. The van der Waals surface area contributed by atoms with Crippen LogP contribution < -0.4 is 0 Å². The molecule has 0 amide bonds. The van der Waals surface area contributed by atoms with E-state index in [2.05, 4.69) is 52.2 Å². The molecule has 0 aromatic heterocycles. The van der Waals surface area contributed by atoms with Crippen LogP contribution >= 0.6 is 0 Å². The maximum atomic E-state index is 6.03. The van der Waals surface area contributed by atoms with Gasteiger partial charge in [0.05, 0.1) is 12.4 Å². The quantitative estimate of drug-likeness (QED) is 0.347. The van der Waals surface area contributed by atoms with Crippen LogP contribution in [0.15, 0.2) is 42.7 Å². The van der Waals surface area contributed by atoms with Crippen molar-refractivity contribution in [1.29, 1.82) is 0 Å². The molecule has 0 bridgehead atoms. The van der Waals surface area contributed by atoms with E-state index in [9.17, 15) is 0 Å². The summed E-state index contributed by atoms with van der Waals surface area (Å²) in [6, 6.07) is 10.3. The zero-order valence-electron chi connectivity index (χ0n) is 14.2. The average molecular weight is 307 g/mol. The molecule has 118 valence electrons. The van der Waals surface area contributed by atoms with Crippen molar-refractivity contribution in [3.8, 4) is 0 Å². The molecule has 2 nitrogen and oxygen atoms in total. The zero-order chi connectivity index (χ0) is 15.9. The molecule has 21 heavy (non-hydrogen) atoms. The second-order valence-corrected chi connectivity index (χ2v) is 11.6. The van der Waals surface area contributed by atoms with Gasteiger partial charge in [-0.25, -0.2) is 0 Å². The Morgan fingerprint density at radius 1 is 1.14 bits per heavy atom. The van der Waals surface area contributed by atoms with Crippen LogP contribution in [0, 0.1) is 5.41 Å². The van der Waals surface area contributed by atoms with Gasteiger partial charge in [0, 0.05) is 12.0 Å². The van der Waals surface area contributed by atoms with Gasteiger partial charge in [-0.3, -0.25) is 0 Å². The fourth-order valence-corrected chi connectivity index (χ4v) is 3.04. The van der Waals surface area contributed by atoms with Gasteiger partial charge in [0.2, 0.25) is 8.32 Å². The maximum absolute atomic E-state index is 6.03. The lowest BCUT2D eigenvalue weighted by molar-refractivity contribution is 0.108. The van der Waals surface area contributed by atoms with Gasteiger partial charge in [-0.2, -0.15) is 0 Å². The Morgan fingerprint density at radius 3 is 2.33 bits per heavy atom. The number of benzene rings is 1. The molecule has 0 aliphatic carbocycles. The van der Waals surface area contributed by atoms with Crippen LogP contribution in [-0.2, 0) is 15.8 Å². The monoisotopic (exact) mass is 306 g/mol. The van der Waals surface area contributed by atoms with Crippen molar-refractivity contribution in [3.05, 3.63) is 48.2 Å². The van der Waals surface area contributed by atoms with Crippen LogP contribution in [-0.4, -0.2) is 14.9 Å². The van der Waals surface area contributed by atoms with Crippen molar-refractivity contribution >= 4 is 8.32 Å². The third-order valence-electron chi connectivity index (χ3n) is 3.39. The standard InChI is InChI=1S/C18H30O2Si/c1-16(20-21(4,5)6)18(2,3)13-10-14-19-15-17-11-8-7-9-12-17/h7-9,11-12H,1,10,13-15H2,2-6H3. The van der Waals surface area contributed by atoms with Crippen LogP contribution in [0.2, 0.25) is 19.6 Å². The molecule has 0 saturated heterocycles. The molecule has 0 unspecified atom stereocenters. The first kappa shape index (κ1) is 18.0. The van der Waals surface area contributed by atoms with E-state index >= 15 is 0 Å². The molecule has 0 saturated carbocycles. The summed E-state index contributed by atoms with van der Waals surface area (Å²) in [4.78, 5) is 0. The summed E-state index contributed by atoms with van der Waals surface area (Å²) in [7, 11) is -1.56. The van der Waals surface area contributed by atoms with Gasteiger partial charge in [0.15, 0.2) is 0 Å². The van der Waals surface area contributed by atoms with Gasteiger partial charge in [0.25, 0.3) is 0 Å². The minimum atomic E-state index is -1.56. The first-order valence-electron chi connectivity index (χ1n) is 7.71. The largest absolute Gasteiger partial charge is 0.547 e. The minimum absolute atomic E-state index is 0.0103. The predicted octanol–water partition coefficient (Wildman–Crippen LogP) is 5.37. The zero-order valence-corrected chi connectivity index (χ0v) is 15.2. The Balaban J connectivity index is 2.26. The van der Waals surface area contributed by atoms with Gasteiger partial charge in [-0.1, -0.05) is 50.8 Å². The van der Waals surface area contributed by atoms with Crippen LogP contribution in [0.3, 0.4) is 0 Å². The van der Waals surface area contributed by atoms with Gasteiger partial charge in [-0.05, 0) is 38.0 Å². The molecule has 0 atom stereocenters. The van der Waals surface area contributed by atoms with Gasteiger partial charge < -0.3 is 9.16 Å². The van der Waals surface area contributed by atoms with Crippen LogP contribution in [0.5, 0.6) is 0 Å². The summed E-state index contributed by atoms with van der Waals surface area (Å²) in [5.41, 5.74) is 1.24. The summed E-state index contributed by atoms with van der Waals surface area (Å²) >= 11 is 0. The van der Waals surface area contributed by atoms with E-state index in [0.29, 0.717) is 6.61 Å². The number of ether oxygens (including phenoxy) is 1. The number of hydrogen-bond acceptors (Lipinski definition) is 2. The number of allylic oxidation sites excluding steroid dienone is 1. The van der Waals surface area contributed by atoms with Gasteiger partial charge in [0.1, 0.15) is 0 Å². The smallest absolute Gasteiger partial charge is 0.241 e. The van der Waals surface area contributed by atoms with Crippen molar-refractivity contribution in [3.63, 3.8) is 0 Å². The van der Waals surface area contributed by atoms with Crippen molar-refractivity contribution in [2.75, 3.05) is 6.61 Å². The number of hydrogen-bond donors (Lipinski definition) is 0. The molecule has 0 spiro atoms. The first-order valence-corrected chi connectivity index (χ1v) is 11.1. The Morgan fingerprint density at radius 2 is 1.76 bits per heavy atom. The molecular formula is C18H30O2Si. The molecule has 0 aliphatic heterocycles. The first-order chi connectivity index (χ1) is 9.71. The van der Waals surface area contributed by atoms with E-state index < -0.39 is 8.32 Å². The minimum Gasteiger partial charge on any atom is -0.547 e. The molecule has 0 heterocycles. The normalized spacial score (nSPS) is 12.2. The van der Waals surface area contributed by atoms with Crippen LogP contribution in [0.25, 0.3) is 0 Å². The second-order valence-electron chi connectivity index (χ2n) is 7.16. The van der Waals surface area contributed by atoms with Gasteiger partial charge in [-0.15, -0.1) is 0 Å². The molecule has 0 aliphatic rings. The summed E-state index contributed by atoms with van der Waals surface area (Å²) in [5, 5.41) is 0. The summed E-state index contributed by atoms with van der Waals surface area (Å²) < 4.78 is 11.8. The number of rotatable bonds is 9. The summed E-state index contributed by atoms with van der Waals surface area (Å²) in [6.45, 7) is 16.6. The molecule has 1 rings (SSSR count). The average Bonchev–Trinajstić information content (AvgIpc) is 2.37. The Hall–Kier alpha value is -1.06. The van der Waals surface area contributed by atoms with E-state index in [1.807, 2.05) is 18.2 Å². The highest BCUT2D eigenvalue weighted by atomic mass is 28.4. The SMILES string of the molecule is C=C(O[Si](C)(C)C)C(C)(C)CCCOCc1ccccc1. The highest BCUT2D eigenvalue weighted by Crippen LogP contribution is 2.33. The van der Waals surface area contributed by atoms with Crippen molar-refractivity contribution in [2.45, 2.75) is 52.9 Å². The molecule has 1 aromatic carbocycles. The lowest BCUT2D eigenvalue weighted by Gasteiger charge is -2.32. The van der Waals surface area contributed by atoms with Crippen LogP contribution in [0.4, 0.5) is 0 Å². The fourth-order valence-electron chi connectivity index (χ4n) is 2.03. The van der Waals surface area contributed by atoms with E-state index in [1.165, 1.54) is 5.56 Å². The molecule has 3 heteroatoms. The molecule has 0 N–H and O–H groups in total. The third kappa shape index (κ3) is 7.49. The fraction of sp³-hybridized carbons (Fsp3) is 0.556. The third-order valence-corrected chi connectivity index (χ3v) is 4.25. The van der Waals surface area contributed by atoms with E-state index in [4.69, 9.17) is 9.16 Å². The predicted molar refractivity (Wildman–Crippen MR) is 92.7 cm³/mol. The Kier molecular flexibility index (Phi) is 6.69. The molecular weight excluding hydrogens is 276 g/mol. The molecule has 0 radical (unpaired) electrons. The van der Waals surface area contributed by atoms with E-state index in [-0.39, 0.29) is 5.41 Å². The Bertz CT molecular complexity index is 432. The topological polar surface area (TPSA) is 18.5 Å². The van der Waals surface area contributed by atoms with Crippen molar-refractivity contribution in [2.24, 2.45) is 5.41 Å². The highest BCUT2D eigenvalue weighted by molar-refractivity contribution is 6.70. The molecule has 0 fully saturated rings. The Labute approximate surface area is 131 Å². The summed E-state index contributed by atoms with van der Waals surface area (Å²) in [5.74, 6) is 0.921. The lowest BCUT2D eigenvalue weighted by Crippen LogP contribution is -2.30. The van der Waals surface area contributed by atoms with Crippen LogP contribution in [0.1, 0.15) is 32.3 Å². The van der Waals surface area contributed by atoms with Crippen molar-refractivity contribution < 1.29 is 9.16 Å². The van der Waals surface area contributed by atoms with E-state index in [0.717, 1.165) is 25.2 Å². The second kappa shape index (κ2) is 7.81. The lowest BCUT2D eigenvalue weighted by atomic mass is 9.86. The summed E-state index contributed by atoms with van der Waals surface area (Å²) in [6.07, 6.45) is 2.05. The maximum Gasteiger partial charge on any atom is 0.241 e. The van der Waals surface area contributed by atoms with Gasteiger partial charge >= 0.3 is 0 Å². The molecule has 1 aromatic rings. The van der Waals surface area contributed by atoms with Crippen molar-refractivity contribution in [1.82, 2.24) is 0 Å².